The van der Waals surface area contributed by atoms with Gasteiger partial charge in [0.25, 0.3) is 5.91 Å². The quantitative estimate of drug-likeness (QED) is 0.527. The van der Waals surface area contributed by atoms with Crippen LogP contribution in [-0.2, 0) is 13.1 Å². The highest BCUT2D eigenvalue weighted by Gasteiger charge is 2.23. The first kappa shape index (κ1) is 18.7. The summed E-state index contributed by atoms with van der Waals surface area (Å²) in [5.41, 5.74) is 4.70. The number of hydrogen-bond acceptors (Lipinski definition) is 5. The van der Waals surface area contributed by atoms with Crippen LogP contribution < -0.4 is 0 Å². The molecule has 1 aliphatic heterocycles. The molecule has 1 fully saturated rings. The molecule has 7 nitrogen and oxygen atoms in total. The van der Waals surface area contributed by atoms with Gasteiger partial charge in [-0.2, -0.15) is 0 Å². The summed E-state index contributed by atoms with van der Waals surface area (Å²) in [4.78, 5) is 21.9. The molecule has 1 amide bonds. The second-order valence-corrected chi connectivity index (χ2v) is 7.67. The zero-order chi connectivity index (χ0) is 20.5. The Morgan fingerprint density at radius 3 is 2.70 bits per heavy atom. The first-order valence-corrected chi connectivity index (χ1v) is 10.4. The lowest BCUT2D eigenvalue weighted by molar-refractivity contribution is 0.0629. The molecule has 7 heteroatoms. The van der Waals surface area contributed by atoms with Crippen molar-refractivity contribution in [3.8, 4) is 0 Å². The van der Waals surface area contributed by atoms with E-state index in [-0.39, 0.29) is 5.91 Å². The minimum absolute atomic E-state index is 0.0643. The van der Waals surface area contributed by atoms with Crippen LogP contribution in [0.15, 0.2) is 54.7 Å². The molecule has 4 aromatic rings. The molecule has 2 aromatic heterocycles. The number of rotatable bonds is 4. The van der Waals surface area contributed by atoms with Crippen molar-refractivity contribution < 1.29 is 4.79 Å². The molecule has 0 radical (unpaired) electrons. The number of piperazine rings is 1. The van der Waals surface area contributed by atoms with Crippen LogP contribution in [0.25, 0.3) is 21.9 Å². The number of amides is 1. The van der Waals surface area contributed by atoms with Crippen molar-refractivity contribution in [2.45, 2.75) is 20.0 Å². The Bertz CT molecular complexity index is 1200. The van der Waals surface area contributed by atoms with Crippen LogP contribution in [0, 0.1) is 0 Å². The largest absolute Gasteiger partial charge is 0.336 e. The first-order valence-electron chi connectivity index (χ1n) is 10.4. The maximum Gasteiger partial charge on any atom is 0.254 e. The maximum atomic E-state index is 13.0. The number of aromatic nitrogens is 4. The molecule has 152 valence electrons. The SMILES string of the molecule is CCn1nnc2cc(C(=O)N3CCN(Cc4cccc5cccnc45)CC3)ccc21. The number of fused-ring (bicyclic) bond motifs is 2. The molecule has 1 saturated heterocycles. The van der Waals surface area contributed by atoms with E-state index in [2.05, 4.69) is 44.5 Å². The van der Waals surface area contributed by atoms with Gasteiger partial charge in [-0.3, -0.25) is 14.7 Å². The average molecular weight is 400 g/mol. The summed E-state index contributed by atoms with van der Waals surface area (Å²) < 4.78 is 1.84. The van der Waals surface area contributed by atoms with Crippen LogP contribution >= 0.6 is 0 Å². The molecule has 0 saturated carbocycles. The van der Waals surface area contributed by atoms with Crippen molar-refractivity contribution in [2.24, 2.45) is 0 Å². The highest BCUT2D eigenvalue weighted by Crippen LogP contribution is 2.20. The molecule has 1 aliphatic rings. The maximum absolute atomic E-state index is 13.0. The third-order valence-electron chi connectivity index (χ3n) is 5.83. The first-order chi connectivity index (χ1) is 14.7. The summed E-state index contributed by atoms with van der Waals surface area (Å²) >= 11 is 0. The van der Waals surface area contributed by atoms with E-state index < -0.39 is 0 Å². The van der Waals surface area contributed by atoms with Gasteiger partial charge >= 0.3 is 0 Å². The van der Waals surface area contributed by atoms with Crippen molar-refractivity contribution in [2.75, 3.05) is 26.2 Å². The van der Waals surface area contributed by atoms with Crippen LogP contribution in [0.4, 0.5) is 0 Å². The lowest BCUT2D eigenvalue weighted by Crippen LogP contribution is -2.48. The zero-order valence-corrected chi connectivity index (χ0v) is 17.0. The van der Waals surface area contributed by atoms with E-state index in [1.807, 2.05) is 47.0 Å². The van der Waals surface area contributed by atoms with E-state index in [9.17, 15) is 4.79 Å². The lowest BCUT2D eigenvalue weighted by Gasteiger charge is -2.35. The predicted molar refractivity (Wildman–Crippen MR) is 116 cm³/mol. The fourth-order valence-corrected chi connectivity index (χ4v) is 4.17. The summed E-state index contributed by atoms with van der Waals surface area (Å²) in [6.07, 6.45) is 1.85. The number of benzene rings is 2. The van der Waals surface area contributed by atoms with Gasteiger partial charge in [-0.1, -0.05) is 29.5 Å². The molecule has 0 bridgehead atoms. The van der Waals surface area contributed by atoms with Gasteiger partial charge < -0.3 is 4.90 Å². The Labute approximate surface area is 174 Å². The Kier molecular flexibility index (Phi) is 4.88. The van der Waals surface area contributed by atoms with Gasteiger partial charge in [0.2, 0.25) is 0 Å². The van der Waals surface area contributed by atoms with Crippen molar-refractivity contribution in [1.82, 2.24) is 29.8 Å². The second-order valence-electron chi connectivity index (χ2n) is 7.67. The number of pyridine rings is 1. The Morgan fingerprint density at radius 1 is 1.03 bits per heavy atom. The normalized spacial score (nSPS) is 15.2. The van der Waals surface area contributed by atoms with Crippen LogP contribution in [0.2, 0.25) is 0 Å². The van der Waals surface area contributed by atoms with E-state index in [0.717, 1.165) is 55.8 Å². The molecule has 0 spiro atoms. The summed E-state index contributed by atoms with van der Waals surface area (Å²) in [6.45, 7) is 6.78. The monoisotopic (exact) mass is 400 g/mol. The lowest BCUT2D eigenvalue weighted by atomic mass is 10.1. The van der Waals surface area contributed by atoms with E-state index in [1.165, 1.54) is 10.9 Å². The number of nitrogens with zero attached hydrogens (tertiary/aromatic N) is 6. The summed E-state index contributed by atoms with van der Waals surface area (Å²) in [5.74, 6) is 0.0643. The third kappa shape index (κ3) is 3.41. The Morgan fingerprint density at radius 2 is 1.87 bits per heavy atom. The van der Waals surface area contributed by atoms with Gasteiger partial charge in [0.15, 0.2) is 0 Å². The molecule has 2 aromatic carbocycles. The molecular weight excluding hydrogens is 376 g/mol. The summed E-state index contributed by atoms with van der Waals surface area (Å²) in [6, 6.07) is 16.1. The van der Waals surface area contributed by atoms with Crippen LogP contribution in [-0.4, -0.2) is 61.9 Å². The van der Waals surface area contributed by atoms with Gasteiger partial charge in [0, 0.05) is 56.4 Å². The smallest absolute Gasteiger partial charge is 0.254 e. The van der Waals surface area contributed by atoms with Gasteiger partial charge in [0.1, 0.15) is 5.52 Å². The molecular formula is C23H24N6O. The van der Waals surface area contributed by atoms with Crippen LogP contribution in [0.3, 0.4) is 0 Å². The van der Waals surface area contributed by atoms with E-state index in [4.69, 9.17) is 0 Å². The molecule has 5 rings (SSSR count). The van der Waals surface area contributed by atoms with Crippen molar-refractivity contribution >= 4 is 27.8 Å². The highest BCUT2D eigenvalue weighted by molar-refractivity contribution is 5.97. The minimum Gasteiger partial charge on any atom is -0.336 e. The van der Waals surface area contributed by atoms with E-state index >= 15 is 0 Å². The minimum atomic E-state index is 0.0643. The number of carbonyl (C=O) groups excluding carboxylic acids is 1. The molecule has 30 heavy (non-hydrogen) atoms. The van der Waals surface area contributed by atoms with Crippen molar-refractivity contribution in [1.29, 1.82) is 0 Å². The number of aryl methyl sites for hydroxylation is 1. The van der Waals surface area contributed by atoms with Gasteiger partial charge in [-0.05, 0) is 36.8 Å². The molecule has 0 N–H and O–H groups in total. The van der Waals surface area contributed by atoms with Crippen LogP contribution in [0.1, 0.15) is 22.8 Å². The van der Waals surface area contributed by atoms with Crippen LogP contribution in [0.5, 0.6) is 0 Å². The third-order valence-corrected chi connectivity index (χ3v) is 5.83. The van der Waals surface area contributed by atoms with Crippen molar-refractivity contribution in [3.63, 3.8) is 0 Å². The van der Waals surface area contributed by atoms with Gasteiger partial charge in [-0.25, -0.2) is 4.68 Å². The number of hydrogen-bond donors (Lipinski definition) is 0. The predicted octanol–water partition coefficient (Wildman–Crippen LogP) is 2.96. The number of carbonyl (C=O) groups is 1. The van der Waals surface area contributed by atoms with Gasteiger partial charge in [-0.15, -0.1) is 5.10 Å². The molecule has 0 aliphatic carbocycles. The fraction of sp³-hybridized carbons (Fsp3) is 0.304. The second kappa shape index (κ2) is 7.84. The van der Waals surface area contributed by atoms with Gasteiger partial charge in [0.05, 0.1) is 11.0 Å². The fourth-order valence-electron chi connectivity index (χ4n) is 4.17. The Hall–Kier alpha value is -3.32. The molecule has 0 atom stereocenters. The zero-order valence-electron chi connectivity index (χ0n) is 17.0. The van der Waals surface area contributed by atoms with E-state index in [0.29, 0.717) is 5.56 Å². The van der Waals surface area contributed by atoms with E-state index in [1.54, 1.807) is 0 Å². The standard InChI is InChI=1S/C23H24N6O/c1-2-29-21-9-8-18(15-20(21)25-26-29)23(30)28-13-11-27(12-14-28)16-19-6-3-5-17-7-4-10-24-22(17)19/h3-10,15H,2,11-14,16H2,1H3. The number of para-hydroxylation sites is 1. The molecule has 0 unspecified atom stereocenters. The van der Waals surface area contributed by atoms with Crippen molar-refractivity contribution in [3.05, 3.63) is 65.9 Å². The highest BCUT2D eigenvalue weighted by atomic mass is 16.2. The average Bonchev–Trinajstić information content (AvgIpc) is 3.22. The summed E-state index contributed by atoms with van der Waals surface area (Å²) in [7, 11) is 0. The Balaban J connectivity index is 1.26. The topological polar surface area (TPSA) is 67.2 Å². The summed E-state index contributed by atoms with van der Waals surface area (Å²) in [5, 5.41) is 9.48. The molecule has 3 heterocycles.